The van der Waals surface area contributed by atoms with Crippen LogP contribution < -0.4 is 9.64 Å². The molecule has 0 N–H and O–H groups in total. The number of hydrogen-bond donors (Lipinski definition) is 0. The fourth-order valence-corrected chi connectivity index (χ4v) is 3.58. The van der Waals surface area contributed by atoms with Gasteiger partial charge in [0.25, 0.3) is 0 Å². The molecule has 1 saturated heterocycles. The highest BCUT2D eigenvalue weighted by molar-refractivity contribution is 6.04. The van der Waals surface area contributed by atoms with Crippen molar-refractivity contribution in [3.63, 3.8) is 0 Å². The predicted octanol–water partition coefficient (Wildman–Crippen LogP) is 4.57. The van der Waals surface area contributed by atoms with Crippen LogP contribution in [0.25, 0.3) is 10.8 Å². The number of β-lactam (4-membered cyclic amide) rings is 1. The number of fused-ring (bicyclic) bond motifs is 1. The number of nitrogens with zero attached hydrogens (tertiary/aromatic N) is 1. The van der Waals surface area contributed by atoms with Gasteiger partial charge in [-0.15, -0.1) is 0 Å². The number of benzene rings is 3. The Kier molecular flexibility index (Phi) is 3.49. The van der Waals surface area contributed by atoms with E-state index in [1.54, 1.807) is 7.11 Å². The highest BCUT2D eigenvalue weighted by Gasteiger charge is 2.46. The number of rotatable bonds is 3. The molecule has 1 fully saturated rings. The highest BCUT2D eigenvalue weighted by atomic mass is 16.5. The van der Waals surface area contributed by atoms with Crippen LogP contribution in [0.5, 0.6) is 5.75 Å². The molecule has 1 heterocycles. The minimum absolute atomic E-state index is 0.0158. The molecular formula is C21H19NO2. The maximum absolute atomic E-state index is 12.5. The number of carbonyl (C=O) groups excluding carboxylic acids is 1. The first-order valence-corrected chi connectivity index (χ1v) is 8.15. The maximum atomic E-state index is 12.5. The van der Waals surface area contributed by atoms with Crippen molar-refractivity contribution in [3.05, 3.63) is 72.3 Å². The molecule has 3 heteroatoms. The summed E-state index contributed by atoms with van der Waals surface area (Å²) in [6.07, 6.45) is 0. The monoisotopic (exact) mass is 317 g/mol. The number of amides is 1. The standard InChI is InChI=1S/C21H19NO2/c1-14-20(19-9-5-7-15-6-3-4-8-18(15)19)22(21(14)23)16-10-12-17(24-2)13-11-16/h3-14,20H,1-2H3/t14-,20+/m1/s1. The van der Waals surface area contributed by atoms with Crippen LogP contribution >= 0.6 is 0 Å². The van der Waals surface area contributed by atoms with Gasteiger partial charge in [0.1, 0.15) is 5.75 Å². The van der Waals surface area contributed by atoms with E-state index in [0.717, 1.165) is 11.4 Å². The number of methoxy groups -OCH3 is 1. The van der Waals surface area contributed by atoms with Gasteiger partial charge in [0.15, 0.2) is 0 Å². The second-order valence-corrected chi connectivity index (χ2v) is 6.21. The van der Waals surface area contributed by atoms with Gasteiger partial charge in [0.2, 0.25) is 5.91 Å². The summed E-state index contributed by atoms with van der Waals surface area (Å²) in [6, 6.07) is 22.4. The van der Waals surface area contributed by atoms with Gasteiger partial charge in [-0.05, 0) is 40.6 Å². The van der Waals surface area contributed by atoms with Crippen molar-refractivity contribution < 1.29 is 9.53 Å². The molecule has 2 atom stereocenters. The molecular weight excluding hydrogens is 298 g/mol. The molecule has 0 unspecified atom stereocenters. The zero-order valence-electron chi connectivity index (χ0n) is 13.8. The fourth-order valence-electron chi connectivity index (χ4n) is 3.58. The van der Waals surface area contributed by atoms with E-state index < -0.39 is 0 Å². The molecule has 3 aromatic rings. The predicted molar refractivity (Wildman–Crippen MR) is 96.3 cm³/mol. The van der Waals surface area contributed by atoms with E-state index in [1.807, 2.05) is 42.2 Å². The Labute approximate surface area is 141 Å². The van der Waals surface area contributed by atoms with Crippen LogP contribution in [0.2, 0.25) is 0 Å². The lowest BCUT2D eigenvalue weighted by Crippen LogP contribution is -2.54. The van der Waals surface area contributed by atoms with E-state index >= 15 is 0 Å². The van der Waals surface area contributed by atoms with E-state index in [4.69, 9.17) is 4.74 Å². The SMILES string of the molecule is COc1ccc(N2C(=O)[C@H](C)[C@H]2c2cccc3ccccc23)cc1. The normalized spacial score (nSPS) is 20.1. The summed E-state index contributed by atoms with van der Waals surface area (Å²) < 4.78 is 5.21. The first-order chi connectivity index (χ1) is 11.7. The van der Waals surface area contributed by atoms with Crippen molar-refractivity contribution in [3.8, 4) is 5.75 Å². The van der Waals surface area contributed by atoms with E-state index in [-0.39, 0.29) is 17.9 Å². The number of ether oxygens (including phenoxy) is 1. The lowest BCUT2D eigenvalue weighted by molar-refractivity contribution is -0.129. The Bertz CT molecular complexity index is 896. The second kappa shape index (κ2) is 5.68. The molecule has 3 nitrogen and oxygen atoms in total. The molecule has 0 aromatic heterocycles. The minimum Gasteiger partial charge on any atom is -0.497 e. The lowest BCUT2D eigenvalue weighted by atomic mass is 9.81. The van der Waals surface area contributed by atoms with E-state index in [2.05, 4.69) is 36.4 Å². The Morgan fingerprint density at radius 2 is 1.62 bits per heavy atom. The molecule has 0 spiro atoms. The fraction of sp³-hybridized carbons (Fsp3) is 0.190. The van der Waals surface area contributed by atoms with Crippen LogP contribution in [0.4, 0.5) is 5.69 Å². The Hall–Kier alpha value is -2.81. The summed E-state index contributed by atoms with van der Waals surface area (Å²) in [5.41, 5.74) is 2.12. The van der Waals surface area contributed by atoms with Gasteiger partial charge in [-0.3, -0.25) is 4.79 Å². The van der Waals surface area contributed by atoms with Crippen molar-refractivity contribution in [2.45, 2.75) is 13.0 Å². The molecule has 24 heavy (non-hydrogen) atoms. The van der Waals surface area contributed by atoms with Crippen LogP contribution in [-0.2, 0) is 4.79 Å². The van der Waals surface area contributed by atoms with E-state index in [0.29, 0.717) is 0 Å². The lowest BCUT2D eigenvalue weighted by Gasteiger charge is -2.46. The summed E-state index contributed by atoms with van der Waals surface area (Å²) in [5, 5.41) is 2.42. The Morgan fingerprint density at radius 1 is 0.917 bits per heavy atom. The Morgan fingerprint density at radius 3 is 2.38 bits per heavy atom. The molecule has 3 aromatic carbocycles. The molecule has 4 rings (SSSR count). The van der Waals surface area contributed by atoms with E-state index in [1.165, 1.54) is 16.3 Å². The zero-order valence-corrected chi connectivity index (χ0v) is 13.8. The van der Waals surface area contributed by atoms with Crippen LogP contribution in [0.15, 0.2) is 66.7 Å². The molecule has 0 radical (unpaired) electrons. The van der Waals surface area contributed by atoms with Gasteiger partial charge in [-0.2, -0.15) is 0 Å². The van der Waals surface area contributed by atoms with Gasteiger partial charge < -0.3 is 9.64 Å². The van der Waals surface area contributed by atoms with Crippen LogP contribution in [0, 0.1) is 5.92 Å². The number of anilines is 1. The third-order valence-electron chi connectivity index (χ3n) is 4.87. The first-order valence-electron chi connectivity index (χ1n) is 8.15. The van der Waals surface area contributed by atoms with E-state index in [9.17, 15) is 4.79 Å². The van der Waals surface area contributed by atoms with Gasteiger partial charge in [0, 0.05) is 5.69 Å². The highest BCUT2D eigenvalue weighted by Crippen LogP contribution is 2.45. The quantitative estimate of drug-likeness (QED) is 0.662. The van der Waals surface area contributed by atoms with Crippen molar-refractivity contribution in [1.29, 1.82) is 0 Å². The van der Waals surface area contributed by atoms with Crippen LogP contribution in [0.1, 0.15) is 18.5 Å². The average molecular weight is 317 g/mol. The average Bonchev–Trinajstić information content (AvgIpc) is 2.65. The molecule has 120 valence electrons. The van der Waals surface area contributed by atoms with Gasteiger partial charge in [0.05, 0.1) is 19.1 Å². The van der Waals surface area contributed by atoms with Crippen molar-refractivity contribution >= 4 is 22.4 Å². The van der Waals surface area contributed by atoms with Crippen LogP contribution in [0.3, 0.4) is 0 Å². The van der Waals surface area contributed by atoms with Gasteiger partial charge >= 0.3 is 0 Å². The van der Waals surface area contributed by atoms with Gasteiger partial charge in [-0.1, -0.05) is 49.4 Å². The minimum atomic E-state index is -0.0158. The maximum Gasteiger partial charge on any atom is 0.232 e. The second-order valence-electron chi connectivity index (χ2n) is 6.21. The van der Waals surface area contributed by atoms with Gasteiger partial charge in [-0.25, -0.2) is 0 Å². The first kappa shape index (κ1) is 14.8. The smallest absolute Gasteiger partial charge is 0.232 e. The topological polar surface area (TPSA) is 29.5 Å². The number of carbonyl (C=O) groups is 1. The largest absolute Gasteiger partial charge is 0.497 e. The molecule has 1 aliphatic rings. The third-order valence-corrected chi connectivity index (χ3v) is 4.87. The summed E-state index contributed by atoms with van der Waals surface area (Å²) >= 11 is 0. The molecule has 0 bridgehead atoms. The third kappa shape index (κ3) is 2.16. The summed E-state index contributed by atoms with van der Waals surface area (Å²) in [7, 11) is 1.64. The van der Waals surface area contributed by atoms with Crippen molar-refractivity contribution in [1.82, 2.24) is 0 Å². The Balaban J connectivity index is 1.78. The summed E-state index contributed by atoms with van der Waals surface area (Å²) in [6.45, 7) is 2.01. The molecule has 1 amide bonds. The summed E-state index contributed by atoms with van der Waals surface area (Å²) in [4.78, 5) is 14.4. The van der Waals surface area contributed by atoms with Crippen molar-refractivity contribution in [2.24, 2.45) is 5.92 Å². The molecule has 0 aliphatic carbocycles. The molecule has 1 aliphatic heterocycles. The molecule has 0 saturated carbocycles. The summed E-state index contributed by atoms with van der Waals surface area (Å²) in [5.74, 6) is 0.942. The number of hydrogen-bond acceptors (Lipinski definition) is 2. The van der Waals surface area contributed by atoms with Crippen molar-refractivity contribution in [2.75, 3.05) is 12.0 Å². The zero-order chi connectivity index (χ0) is 16.7. The van der Waals surface area contributed by atoms with Crippen LogP contribution in [-0.4, -0.2) is 13.0 Å².